The van der Waals surface area contributed by atoms with Crippen molar-refractivity contribution in [3.05, 3.63) is 35.4 Å². The van der Waals surface area contributed by atoms with E-state index in [4.69, 9.17) is 5.26 Å². The fourth-order valence-electron chi connectivity index (χ4n) is 2.37. The number of piperazine rings is 1. The quantitative estimate of drug-likeness (QED) is 0.671. The molecule has 108 valence electrons. The van der Waals surface area contributed by atoms with Gasteiger partial charge in [0.1, 0.15) is 0 Å². The maximum Gasteiger partial charge on any atom is 1.00 e. The summed E-state index contributed by atoms with van der Waals surface area (Å²) in [7, 11) is 0. The summed E-state index contributed by atoms with van der Waals surface area (Å²) in [5.74, 6) is 0. The molecule has 0 amide bonds. The molecule has 1 heterocycles. The van der Waals surface area contributed by atoms with Gasteiger partial charge in [0.25, 0.3) is 0 Å². The van der Waals surface area contributed by atoms with E-state index in [0.717, 1.165) is 12.1 Å². The Morgan fingerprint density at radius 1 is 1.00 bits per heavy atom. The van der Waals surface area contributed by atoms with Gasteiger partial charge in [0.2, 0.25) is 0 Å². The van der Waals surface area contributed by atoms with Gasteiger partial charge in [-0.25, -0.2) is 0 Å². The van der Waals surface area contributed by atoms with Crippen molar-refractivity contribution in [3.63, 3.8) is 0 Å². The number of hydrogen-bond acceptors (Lipinski definition) is 3. The normalized spacial score (nSPS) is 17.0. The van der Waals surface area contributed by atoms with Gasteiger partial charge in [-0.1, -0.05) is 12.1 Å². The molecule has 1 aliphatic heterocycles. The molecule has 2 rings (SSSR count). The van der Waals surface area contributed by atoms with Crippen LogP contribution >= 0.6 is 0 Å². The van der Waals surface area contributed by atoms with Crippen molar-refractivity contribution in [3.8, 4) is 6.07 Å². The van der Waals surface area contributed by atoms with Gasteiger partial charge in [-0.15, -0.1) is 0 Å². The molecule has 0 spiro atoms. The zero-order valence-electron chi connectivity index (χ0n) is 12.1. The van der Waals surface area contributed by atoms with Crippen LogP contribution in [0.15, 0.2) is 24.3 Å². The Balaban J connectivity index is 0.00000220. The zero-order valence-corrected chi connectivity index (χ0v) is 15.2. The minimum atomic E-state index is -4.73. The molecule has 1 aromatic rings. The molecule has 0 unspecified atom stereocenters. The van der Waals surface area contributed by atoms with Crippen molar-refractivity contribution < 1.29 is 64.3 Å². The average Bonchev–Trinajstić information content (AvgIpc) is 2.40. The Labute approximate surface area is 165 Å². The summed E-state index contributed by atoms with van der Waals surface area (Å²) >= 11 is 0. The summed E-state index contributed by atoms with van der Waals surface area (Å²) in [4.78, 5) is 3.61. The molecule has 0 aromatic heterocycles. The van der Waals surface area contributed by atoms with Crippen LogP contribution in [0.4, 0.5) is 12.9 Å². The second-order valence-electron chi connectivity index (χ2n) is 5.10. The number of halogens is 3. The Morgan fingerprint density at radius 3 is 2.00 bits per heavy atom. The van der Waals surface area contributed by atoms with Gasteiger partial charge < -0.3 is 17.8 Å². The van der Waals surface area contributed by atoms with Crippen LogP contribution in [0.2, 0.25) is 0 Å². The van der Waals surface area contributed by atoms with E-state index >= 15 is 0 Å². The van der Waals surface area contributed by atoms with Gasteiger partial charge in [-0.05, 0) is 24.1 Å². The van der Waals surface area contributed by atoms with Crippen LogP contribution in [0.1, 0.15) is 11.1 Å². The second kappa shape index (κ2) is 8.67. The van der Waals surface area contributed by atoms with E-state index in [-0.39, 0.29) is 51.4 Å². The summed E-state index contributed by atoms with van der Waals surface area (Å²) in [5, 5.41) is 8.72. The van der Waals surface area contributed by atoms with Crippen LogP contribution in [-0.4, -0.2) is 49.4 Å². The number of benzene rings is 1. The Morgan fingerprint density at radius 2 is 1.52 bits per heavy atom. The molecule has 21 heavy (non-hydrogen) atoms. The molecule has 0 bridgehead atoms. The van der Waals surface area contributed by atoms with Gasteiger partial charge in [-0.2, -0.15) is 5.26 Å². The third kappa shape index (κ3) is 6.82. The van der Waals surface area contributed by atoms with Crippen LogP contribution in [0.5, 0.6) is 0 Å². The zero-order chi connectivity index (χ0) is 14.6. The molecular weight excluding hydrogens is 305 g/mol. The predicted molar refractivity (Wildman–Crippen MR) is 72.0 cm³/mol. The molecule has 1 fully saturated rings. The fourth-order valence-corrected chi connectivity index (χ4v) is 2.37. The first kappa shape index (κ1) is 19.2. The van der Waals surface area contributed by atoms with Crippen molar-refractivity contribution >= 4 is 6.98 Å². The smallest absolute Gasteiger partial charge is 0.448 e. The van der Waals surface area contributed by atoms with Gasteiger partial charge >= 0.3 is 58.4 Å². The molecule has 1 aliphatic rings. The van der Waals surface area contributed by atoms with E-state index in [1.165, 1.54) is 4.90 Å². The summed E-state index contributed by atoms with van der Waals surface area (Å²) in [6, 6.07) is 9.37. The maximum atomic E-state index is 12.3. The van der Waals surface area contributed by atoms with E-state index in [0.29, 0.717) is 31.7 Å². The molecule has 0 N–H and O–H groups in total. The first-order chi connectivity index (χ1) is 9.46. The van der Waals surface area contributed by atoms with Crippen LogP contribution in [-0.2, 0) is 6.54 Å². The topological polar surface area (TPSA) is 30.3 Å². The number of rotatable bonds is 4. The first-order valence-electron chi connectivity index (χ1n) is 6.61. The molecule has 3 nitrogen and oxygen atoms in total. The standard InChI is InChI=1S/C13H16BF3N3.K/c15-14(16,17)11-20-7-5-19(6-8-20)10-13-3-1-12(9-18)2-4-13;/h1-4H,5-8,10-11H2;/q-1;+1. The number of nitriles is 1. The molecule has 1 aromatic carbocycles. The van der Waals surface area contributed by atoms with Gasteiger partial charge in [0, 0.05) is 32.7 Å². The van der Waals surface area contributed by atoms with Crippen LogP contribution in [0, 0.1) is 11.3 Å². The van der Waals surface area contributed by atoms with Crippen molar-refractivity contribution in [2.24, 2.45) is 0 Å². The minimum absolute atomic E-state index is 0. The molecule has 0 saturated carbocycles. The van der Waals surface area contributed by atoms with Gasteiger partial charge in [-0.3, -0.25) is 4.90 Å². The monoisotopic (exact) mass is 321 g/mol. The van der Waals surface area contributed by atoms with Crippen LogP contribution < -0.4 is 51.4 Å². The second-order valence-corrected chi connectivity index (χ2v) is 5.10. The van der Waals surface area contributed by atoms with Crippen molar-refractivity contribution in [1.29, 1.82) is 5.26 Å². The summed E-state index contributed by atoms with van der Waals surface area (Å²) in [5.41, 5.74) is 1.70. The predicted octanol–water partition coefficient (Wildman–Crippen LogP) is -0.934. The largest absolute Gasteiger partial charge is 1.00 e. The van der Waals surface area contributed by atoms with E-state index in [1.54, 1.807) is 12.1 Å². The van der Waals surface area contributed by atoms with E-state index in [1.807, 2.05) is 12.1 Å². The number of nitrogens with zero attached hydrogens (tertiary/aromatic N) is 3. The van der Waals surface area contributed by atoms with Gasteiger partial charge in [0.15, 0.2) is 0 Å². The van der Waals surface area contributed by atoms with E-state index < -0.39 is 13.4 Å². The molecule has 0 aliphatic carbocycles. The fraction of sp³-hybridized carbons (Fsp3) is 0.462. The summed E-state index contributed by atoms with van der Waals surface area (Å²) in [6.07, 6.45) is -0.759. The molecule has 8 heteroatoms. The SMILES string of the molecule is N#Cc1ccc(CN2CCN(C[B-](F)(F)F)CC2)cc1.[K+]. The third-order valence-corrected chi connectivity index (χ3v) is 3.42. The average molecular weight is 321 g/mol. The Kier molecular flexibility index (Phi) is 7.92. The van der Waals surface area contributed by atoms with Crippen LogP contribution in [0.3, 0.4) is 0 Å². The first-order valence-corrected chi connectivity index (χ1v) is 6.61. The maximum absolute atomic E-state index is 12.3. The van der Waals surface area contributed by atoms with E-state index in [2.05, 4.69) is 11.0 Å². The minimum Gasteiger partial charge on any atom is -0.448 e. The molecule has 1 saturated heterocycles. The number of hydrogen-bond donors (Lipinski definition) is 0. The Hall–Kier alpha value is 0.121. The van der Waals surface area contributed by atoms with Gasteiger partial charge in [0.05, 0.1) is 11.6 Å². The molecule has 0 radical (unpaired) electrons. The van der Waals surface area contributed by atoms with Crippen LogP contribution in [0.25, 0.3) is 0 Å². The van der Waals surface area contributed by atoms with Crippen molar-refractivity contribution in [1.82, 2.24) is 9.80 Å². The van der Waals surface area contributed by atoms with Crippen molar-refractivity contribution in [2.45, 2.75) is 6.54 Å². The molecular formula is C13H16BF3KN3. The summed E-state index contributed by atoms with van der Waals surface area (Å²) < 4.78 is 37.0. The van der Waals surface area contributed by atoms with E-state index in [9.17, 15) is 12.9 Å². The third-order valence-electron chi connectivity index (χ3n) is 3.42. The Bertz CT molecular complexity index is 479. The van der Waals surface area contributed by atoms with Crippen molar-refractivity contribution in [2.75, 3.05) is 32.6 Å². The summed E-state index contributed by atoms with van der Waals surface area (Å²) in [6.45, 7) is -1.81. The molecule has 0 atom stereocenters.